The van der Waals surface area contributed by atoms with Crippen LogP contribution in [0.2, 0.25) is 5.02 Å². The van der Waals surface area contributed by atoms with Gasteiger partial charge >= 0.3 is 7.82 Å². The van der Waals surface area contributed by atoms with Gasteiger partial charge in [0.05, 0.1) is 10.9 Å². The van der Waals surface area contributed by atoms with Crippen LogP contribution in [0, 0.1) is 0 Å². The lowest BCUT2D eigenvalue weighted by molar-refractivity contribution is 0.243. The van der Waals surface area contributed by atoms with Crippen molar-refractivity contribution in [3.05, 3.63) is 23.4 Å². The Labute approximate surface area is 104 Å². The molecule has 2 radical (unpaired) electrons. The van der Waals surface area contributed by atoms with Gasteiger partial charge in [-0.05, 0) is 6.07 Å². The van der Waals surface area contributed by atoms with E-state index in [-0.39, 0.29) is 10.8 Å². The molecule has 8 heteroatoms. The summed E-state index contributed by atoms with van der Waals surface area (Å²) in [5, 5.41) is 0.702. The van der Waals surface area contributed by atoms with E-state index in [9.17, 15) is 9.46 Å². The quantitative estimate of drug-likeness (QED) is 0.659. The first-order chi connectivity index (χ1) is 7.94. The van der Waals surface area contributed by atoms with Crippen molar-refractivity contribution in [1.82, 2.24) is 4.98 Å². The number of rotatable bonds is 3. The van der Waals surface area contributed by atoms with Crippen LogP contribution in [-0.2, 0) is 9.09 Å². The Balaban J connectivity index is 2.56. The fourth-order valence-corrected chi connectivity index (χ4v) is 2.13. The number of H-pyrrole nitrogens is 1. The van der Waals surface area contributed by atoms with Gasteiger partial charge in [0.2, 0.25) is 0 Å². The predicted octanol–water partition coefficient (Wildman–Crippen LogP) is 1.74. The molecule has 0 fully saturated rings. The number of aromatic amines is 1. The second-order valence-electron chi connectivity index (χ2n) is 3.29. The normalized spacial score (nSPS) is 14.8. The van der Waals surface area contributed by atoms with Gasteiger partial charge in [-0.2, -0.15) is 0 Å². The summed E-state index contributed by atoms with van der Waals surface area (Å²) in [4.78, 5) is 12.1. The minimum absolute atomic E-state index is 0.116. The number of aromatic nitrogens is 1. The molecule has 17 heavy (non-hydrogen) atoms. The van der Waals surface area contributed by atoms with E-state index >= 15 is 0 Å². The minimum Gasteiger partial charge on any atom is -0.402 e. The molecule has 0 amide bonds. The number of phosphoric acid groups is 1. The molecule has 1 aromatic heterocycles. The maximum atomic E-state index is 11.3. The molecule has 1 atom stereocenters. The molecule has 88 valence electrons. The van der Waals surface area contributed by atoms with Crippen LogP contribution in [0.1, 0.15) is 0 Å². The van der Waals surface area contributed by atoms with Crippen molar-refractivity contribution in [3.8, 4) is 5.75 Å². The zero-order valence-electron chi connectivity index (χ0n) is 8.81. The molecule has 0 spiro atoms. The highest BCUT2D eigenvalue weighted by Gasteiger charge is 2.23. The van der Waals surface area contributed by atoms with Gasteiger partial charge in [0, 0.05) is 18.3 Å². The molecule has 2 aromatic rings. The fourth-order valence-electron chi connectivity index (χ4n) is 1.40. The lowest BCUT2D eigenvalue weighted by Crippen LogP contribution is -2.03. The maximum Gasteiger partial charge on any atom is 0.527 e. The third-order valence-electron chi connectivity index (χ3n) is 2.22. The van der Waals surface area contributed by atoms with E-state index < -0.39 is 7.82 Å². The summed E-state index contributed by atoms with van der Waals surface area (Å²) in [5.74, 6) is 0.116. The lowest BCUT2D eigenvalue weighted by Gasteiger charge is -2.10. The average molecular weight is 271 g/mol. The lowest BCUT2D eigenvalue weighted by atomic mass is 9.95. The van der Waals surface area contributed by atoms with Crippen molar-refractivity contribution >= 4 is 43.6 Å². The van der Waals surface area contributed by atoms with Crippen LogP contribution in [0.25, 0.3) is 10.9 Å². The molecule has 0 aliphatic rings. The Hall–Kier alpha value is -0.935. The number of nitrogens with one attached hydrogen (secondary N) is 1. The molecule has 0 saturated carbocycles. The van der Waals surface area contributed by atoms with Gasteiger partial charge in [0.25, 0.3) is 0 Å². The van der Waals surface area contributed by atoms with Gasteiger partial charge in [-0.1, -0.05) is 23.1 Å². The molecule has 1 heterocycles. The maximum absolute atomic E-state index is 11.3. The Morgan fingerprint density at radius 2 is 2.24 bits per heavy atom. The summed E-state index contributed by atoms with van der Waals surface area (Å²) >= 11 is 6.01. The molecule has 1 unspecified atom stereocenters. The predicted molar refractivity (Wildman–Crippen MR) is 66.2 cm³/mol. The van der Waals surface area contributed by atoms with E-state index in [1.807, 2.05) is 0 Å². The minimum atomic E-state index is -4.12. The summed E-state index contributed by atoms with van der Waals surface area (Å²) in [6, 6.07) is 3.32. The summed E-state index contributed by atoms with van der Waals surface area (Å²) in [6.45, 7) is 0. The average Bonchev–Trinajstić information content (AvgIpc) is 2.67. The highest BCUT2D eigenvalue weighted by molar-refractivity contribution is 7.47. The molecule has 0 bridgehead atoms. The first-order valence-electron chi connectivity index (χ1n) is 4.58. The van der Waals surface area contributed by atoms with Gasteiger partial charge < -0.3 is 9.51 Å². The van der Waals surface area contributed by atoms with E-state index in [0.717, 1.165) is 7.11 Å². The topological polar surface area (TPSA) is 71.6 Å². The van der Waals surface area contributed by atoms with Crippen LogP contribution in [0.4, 0.5) is 0 Å². The second kappa shape index (κ2) is 4.39. The Morgan fingerprint density at radius 1 is 1.53 bits per heavy atom. The Morgan fingerprint density at radius 3 is 2.88 bits per heavy atom. The smallest absolute Gasteiger partial charge is 0.402 e. The summed E-state index contributed by atoms with van der Waals surface area (Å²) < 4.78 is 20.5. The van der Waals surface area contributed by atoms with Crippen LogP contribution in [-0.4, -0.2) is 24.8 Å². The van der Waals surface area contributed by atoms with Gasteiger partial charge in [-0.25, -0.2) is 4.57 Å². The van der Waals surface area contributed by atoms with Gasteiger partial charge in [-0.3, -0.25) is 9.42 Å². The van der Waals surface area contributed by atoms with E-state index in [1.165, 1.54) is 6.20 Å². The van der Waals surface area contributed by atoms with Crippen LogP contribution in [0.15, 0.2) is 18.3 Å². The van der Waals surface area contributed by atoms with Crippen LogP contribution in [0.3, 0.4) is 0 Å². The summed E-state index contributed by atoms with van der Waals surface area (Å²) in [7, 11) is 2.60. The number of halogens is 1. The number of hydrogen-bond donors (Lipinski definition) is 2. The first kappa shape index (κ1) is 12.5. The largest absolute Gasteiger partial charge is 0.527 e. The number of fused-ring (bicyclic) bond motifs is 1. The molecule has 5 nitrogen and oxygen atoms in total. The van der Waals surface area contributed by atoms with Gasteiger partial charge in [0.1, 0.15) is 7.85 Å². The van der Waals surface area contributed by atoms with Crippen LogP contribution in [0.5, 0.6) is 5.75 Å². The molecule has 2 rings (SSSR count). The number of benzene rings is 1. The van der Waals surface area contributed by atoms with Crippen molar-refractivity contribution < 1.29 is 18.5 Å². The van der Waals surface area contributed by atoms with Crippen molar-refractivity contribution in [2.75, 3.05) is 7.11 Å². The highest BCUT2D eigenvalue weighted by Crippen LogP contribution is 2.45. The van der Waals surface area contributed by atoms with Crippen molar-refractivity contribution in [1.29, 1.82) is 0 Å². The van der Waals surface area contributed by atoms with E-state index in [4.69, 9.17) is 24.0 Å². The summed E-state index contributed by atoms with van der Waals surface area (Å²) in [6.07, 6.45) is 1.41. The zero-order valence-corrected chi connectivity index (χ0v) is 10.5. The summed E-state index contributed by atoms with van der Waals surface area (Å²) in [5.41, 5.74) is 1.00. The van der Waals surface area contributed by atoms with Crippen LogP contribution >= 0.6 is 19.4 Å². The standard InChI is InChI=1S/C9H8BClNO4P/c1-15-17(13,14)16-7-4-12-6-3-2-5(10)9(11)8(6)7/h2-4,12H,1H3,(H,13,14). The van der Waals surface area contributed by atoms with E-state index in [1.54, 1.807) is 12.1 Å². The molecular formula is C9H8BClNO4P. The van der Waals surface area contributed by atoms with Gasteiger partial charge in [-0.15, -0.1) is 0 Å². The second-order valence-corrected chi connectivity index (χ2v) is 5.15. The van der Waals surface area contributed by atoms with Crippen molar-refractivity contribution in [2.45, 2.75) is 0 Å². The van der Waals surface area contributed by atoms with Gasteiger partial charge in [0.15, 0.2) is 5.75 Å². The Kier molecular flexibility index (Phi) is 3.23. The monoisotopic (exact) mass is 271 g/mol. The third kappa shape index (κ3) is 2.35. The van der Waals surface area contributed by atoms with Crippen molar-refractivity contribution in [3.63, 3.8) is 0 Å². The highest BCUT2D eigenvalue weighted by atomic mass is 35.5. The number of hydrogen-bond acceptors (Lipinski definition) is 3. The molecular weight excluding hydrogens is 263 g/mol. The molecule has 1 aromatic carbocycles. The third-order valence-corrected chi connectivity index (χ3v) is 3.52. The number of phosphoric ester groups is 1. The molecule has 0 aliphatic heterocycles. The van der Waals surface area contributed by atoms with E-state index in [0.29, 0.717) is 16.4 Å². The Bertz CT molecular complexity index is 614. The zero-order chi connectivity index (χ0) is 12.6. The molecule has 2 N–H and O–H groups in total. The first-order valence-corrected chi connectivity index (χ1v) is 6.45. The SMILES string of the molecule is [B]c1ccc2[nH]cc(OP(=O)(O)OC)c2c1Cl. The molecule has 0 aliphatic carbocycles. The van der Waals surface area contributed by atoms with Crippen LogP contribution < -0.4 is 9.99 Å². The van der Waals surface area contributed by atoms with E-state index in [2.05, 4.69) is 9.51 Å². The fraction of sp³-hybridized carbons (Fsp3) is 0.111. The molecule has 0 saturated heterocycles. The van der Waals surface area contributed by atoms with Crippen molar-refractivity contribution in [2.24, 2.45) is 0 Å².